The van der Waals surface area contributed by atoms with Crippen molar-refractivity contribution in [3.8, 4) is 5.69 Å². The van der Waals surface area contributed by atoms with Crippen LogP contribution < -0.4 is 5.32 Å². The zero-order chi connectivity index (χ0) is 15.5. The lowest BCUT2D eigenvalue weighted by atomic mass is 10.2. The molecule has 116 valence electrons. The monoisotopic (exact) mass is 302 g/mol. The molecule has 0 spiro atoms. The van der Waals surface area contributed by atoms with E-state index in [9.17, 15) is 9.18 Å². The Morgan fingerprint density at radius 2 is 2.32 bits per heavy atom. The molecule has 0 bridgehead atoms. The van der Waals surface area contributed by atoms with Crippen molar-refractivity contribution in [3.63, 3.8) is 0 Å². The van der Waals surface area contributed by atoms with Crippen LogP contribution in [0.5, 0.6) is 0 Å². The van der Waals surface area contributed by atoms with Gasteiger partial charge in [-0.1, -0.05) is 6.07 Å². The molecule has 1 aromatic carbocycles. The van der Waals surface area contributed by atoms with E-state index in [2.05, 4.69) is 10.4 Å². The van der Waals surface area contributed by atoms with Gasteiger partial charge in [0.15, 0.2) is 5.69 Å². The number of likely N-dealkylation sites (tertiary alicyclic amines) is 1. The minimum absolute atomic E-state index is 0.0621. The van der Waals surface area contributed by atoms with Crippen LogP contribution in [0, 0.1) is 5.82 Å². The smallest absolute Gasteiger partial charge is 0.274 e. The first-order chi connectivity index (χ1) is 10.7. The van der Waals surface area contributed by atoms with Gasteiger partial charge in [0.25, 0.3) is 5.91 Å². The summed E-state index contributed by atoms with van der Waals surface area (Å²) in [5.41, 5.74) is 1.000. The third kappa shape index (κ3) is 2.87. The lowest BCUT2D eigenvalue weighted by Crippen LogP contribution is -2.41. The molecule has 1 aromatic heterocycles. The van der Waals surface area contributed by atoms with Gasteiger partial charge in [-0.2, -0.15) is 5.10 Å². The number of benzene rings is 1. The Morgan fingerprint density at radius 1 is 1.45 bits per heavy atom. The van der Waals surface area contributed by atoms with Crippen molar-refractivity contribution in [2.24, 2.45) is 0 Å². The Kier molecular flexibility index (Phi) is 4.20. The highest BCUT2D eigenvalue weighted by Crippen LogP contribution is 2.19. The summed E-state index contributed by atoms with van der Waals surface area (Å²) in [5, 5.41) is 7.42. The summed E-state index contributed by atoms with van der Waals surface area (Å²) in [5.74, 6) is -0.387. The average Bonchev–Trinajstić information content (AvgIpc) is 3.16. The molecule has 0 aliphatic carbocycles. The van der Waals surface area contributed by atoms with Crippen molar-refractivity contribution < 1.29 is 9.18 Å². The summed E-state index contributed by atoms with van der Waals surface area (Å²) in [6, 6.07) is 8.05. The SMILES string of the molecule is CNCC1CCCN1C(=O)c1ccn(-c2cccc(F)c2)n1. The van der Waals surface area contributed by atoms with Crippen LogP contribution in [0.4, 0.5) is 4.39 Å². The van der Waals surface area contributed by atoms with Crippen molar-refractivity contribution >= 4 is 5.91 Å². The van der Waals surface area contributed by atoms with E-state index in [4.69, 9.17) is 0 Å². The van der Waals surface area contributed by atoms with E-state index in [0.717, 1.165) is 25.9 Å². The number of nitrogens with zero attached hydrogens (tertiary/aromatic N) is 3. The van der Waals surface area contributed by atoms with E-state index in [1.165, 1.54) is 16.8 Å². The summed E-state index contributed by atoms with van der Waals surface area (Å²) < 4.78 is 14.8. The van der Waals surface area contributed by atoms with Crippen LogP contribution in [0.15, 0.2) is 36.5 Å². The number of likely N-dealkylation sites (N-methyl/N-ethyl adjacent to an activating group) is 1. The van der Waals surface area contributed by atoms with Crippen LogP contribution in [-0.2, 0) is 0 Å². The van der Waals surface area contributed by atoms with Crippen molar-refractivity contribution in [1.82, 2.24) is 20.0 Å². The molecule has 1 atom stereocenters. The number of amides is 1. The predicted octanol–water partition coefficient (Wildman–Crippen LogP) is 1.84. The van der Waals surface area contributed by atoms with Crippen molar-refractivity contribution in [1.29, 1.82) is 0 Å². The van der Waals surface area contributed by atoms with Crippen LogP contribution in [0.2, 0.25) is 0 Å². The maximum Gasteiger partial charge on any atom is 0.274 e. The third-order valence-corrected chi connectivity index (χ3v) is 3.96. The minimum Gasteiger partial charge on any atom is -0.333 e. The van der Waals surface area contributed by atoms with E-state index in [1.807, 2.05) is 11.9 Å². The minimum atomic E-state index is -0.325. The van der Waals surface area contributed by atoms with Crippen LogP contribution >= 0.6 is 0 Å². The topological polar surface area (TPSA) is 50.2 Å². The van der Waals surface area contributed by atoms with Gasteiger partial charge in [0, 0.05) is 25.3 Å². The number of hydrogen-bond acceptors (Lipinski definition) is 3. The molecule has 1 N–H and O–H groups in total. The first-order valence-electron chi connectivity index (χ1n) is 7.46. The largest absolute Gasteiger partial charge is 0.333 e. The molecule has 0 saturated carbocycles. The number of carbonyl (C=O) groups is 1. The Balaban J connectivity index is 1.80. The molecule has 22 heavy (non-hydrogen) atoms. The van der Waals surface area contributed by atoms with E-state index < -0.39 is 0 Å². The molecule has 6 heteroatoms. The summed E-state index contributed by atoms with van der Waals surface area (Å²) in [6.45, 7) is 1.55. The van der Waals surface area contributed by atoms with E-state index in [1.54, 1.807) is 24.4 Å². The number of nitrogens with one attached hydrogen (secondary N) is 1. The van der Waals surface area contributed by atoms with Crippen LogP contribution in [-0.4, -0.2) is 46.8 Å². The molecule has 1 aliphatic rings. The zero-order valence-electron chi connectivity index (χ0n) is 12.5. The second-order valence-electron chi connectivity index (χ2n) is 5.48. The molecular formula is C16H19FN4O. The van der Waals surface area contributed by atoms with Crippen molar-refractivity contribution in [3.05, 3.63) is 48.0 Å². The number of carbonyl (C=O) groups excluding carboxylic acids is 1. The Bertz CT molecular complexity index is 670. The van der Waals surface area contributed by atoms with Gasteiger partial charge in [0.2, 0.25) is 0 Å². The molecule has 0 radical (unpaired) electrons. The van der Waals surface area contributed by atoms with Gasteiger partial charge < -0.3 is 10.2 Å². The van der Waals surface area contributed by atoms with Crippen LogP contribution in [0.1, 0.15) is 23.3 Å². The van der Waals surface area contributed by atoms with E-state index in [-0.39, 0.29) is 17.8 Å². The van der Waals surface area contributed by atoms with Crippen LogP contribution in [0.3, 0.4) is 0 Å². The van der Waals surface area contributed by atoms with Gasteiger partial charge >= 0.3 is 0 Å². The highest BCUT2D eigenvalue weighted by molar-refractivity contribution is 5.92. The van der Waals surface area contributed by atoms with Gasteiger partial charge in [0.1, 0.15) is 5.82 Å². The molecule has 2 heterocycles. The van der Waals surface area contributed by atoms with Crippen molar-refractivity contribution in [2.45, 2.75) is 18.9 Å². The molecular weight excluding hydrogens is 283 g/mol. The van der Waals surface area contributed by atoms with Crippen LogP contribution in [0.25, 0.3) is 5.69 Å². The summed E-state index contributed by atoms with van der Waals surface area (Å²) >= 11 is 0. The first-order valence-corrected chi connectivity index (χ1v) is 7.46. The Labute approximate surface area is 128 Å². The molecule has 1 fully saturated rings. The quantitative estimate of drug-likeness (QED) is 0.937. The van der Waals surface area contributed by atoms with Gasteiger partial charge in [-0.05, 0) is 44.2 Å². The number of aromatic nitrogens is 2. The molecule has 1 aliphatic heterocycles. The highest BCUT2D eigenvalue weighted by atomic mass is 19.1. The first kappa shape index (κ1) is 14.7. The second kappa shape index (κ2) is 6.27. The highest BCUT2D eigenvalue weighted by Gasteiger charge is 2.29. The maximum absolute atomic E-state index is 13.3. The van der Waals surface area contributed by atoms with Crippen molar-refractivity contribution in [2.75, 3.05) is 20.1 Å². The fraction of sp³-hybridized carbons (Fsp3) is 0.375. The molecule has 1 unspecified atom stereocenters. The van der Waals surface area contributed by atoms with E-state index in [0.29, 0.717) is 11.4 Å². The molecule has 3 rings (SSSR count). The standard InChI is InChI=1S/C16H19FN4O/c1-18-11-14-6-3-8-20(14)16(22)15-7-9-21(19-15)13-5-2-4-12(17)10-13/h2,4-5,7,9-10,14,18H,3,6,8,11H2,1H3. The fourth-order valence-electron chi connectivity index (χ4n) is 2.90. The number of hydrogen-bond donors (Lipinski definition) is 1. The normalized spacial score (nSPS) is 17.9. The average molecular weight is 302 g/mol. The van der Waals surface area contributed by atoms with Gasteiger partial charge in [-0.15, -0.1) is 0 Å². The van der Waals surface area contributed by atoms with Gasteiger partial charge in [0.05, 0.1) is 5.69 Å². The number of halogens is 1. The second-order valence-corrected chi connectivity index (χ2v) is 5.48. The summed E-state index contributed by atoms with van der Waals surface area (Å²) in [4.78, 5) is 14.5. The summed E-state index contributed by atoms with van der Waals surface area (Å²) in [7, 11) is 1.89. The Hall–Kier alpha value is -2.21. The number of rotatable bonds is 4. The van der Waals surface area contributed by atoms with Gasteiger partial charge in [-0.25, -0.2) is 9.07 Å². The Morgan fingerprint density at radius 3 is 3.09 bits per heavy atom. The van der Waals surface area contributed by atoms with Gasteiger partial charge in [-0.3, -0.25) is 4.79 Å². The molecule has 2 aromatic rings. The predicted molar refractivity (Wildman–Crippen MR) is 81.5 cm³/mol. The van der Waals surface area contributed by atoms with E-state index >= 15 is 0 Å². The zero-order valence-corrected chi connectivity index (χ0v) is 12.5. The lowest BCUT2D eigenvalue weighted by molar-refractivity contribution is 0.0730. The molecule has 1 saturated heterocycles. The molecule has 1 amide bonds. The lowest BCUT2D eigenvalue weighted by Gasteiger charge is -2.23. The maximum atomic E-state index is 13.3. The molecule has 5 nitrogen and oxygen atoms in total. The third-order valence-electron chi connectivity index (χ3n) is 3.96. The fourth-order valence-corrected chi connectivity index (χ4v) is 2.90. The summed E-state index contributed by atoms with van der Waals surface area (Å²) in [6.07, 6.45) is 3.71.